The van der Waals surface area contributed by atoms with Gasteiger partial charge in [0.25, 0.3) is 5.91 Å². The highest BCUT2D eigenvalue weighted by atomic mass is 16.5. The zero-order valence-electron chi connectivity index (χ0n) is 12.1. The lowest BCUT2D eigenvalue weighted by molar-refractivity contribution is -0.144. The number of rotatable bonds is 7. The average molecular weight is 302 g/mol. The van der Waals surface area contributed by atoms with Gasteiger partial charge in [-0.2, -0.15) is 0 Å². The van der Waals surface area contributed by atoms with Gasteiger partial charge in [-0.3, -0.25) is 14.9 Å². The van der Waals surface area contributed by atoms with Gasteiger partial charge in [-0.05, 0) is 25.7 Å². The highest BCUT2D eigenvalue weighted by molar-refractivity contribution is 5.94. The van der Waals surface area contributed by atoms with Gasteiger partial charge in [0.1, 0.15) is 6.61 Å². The van der Waals surface area contributed by atoms with Gasteiger partial charge in [0.15, 0.2) is 0 Å². The fourth-order valence-corrected chi connectivity index (χ4v) is 2.14. The van der Waals surface area contributed by atoms with E-state index in [1.54, 1.807) is 0 Å². The van der Waals surface area contributed by atoms with Crippen LogP contribution in [0.15, 0.2) is 0 Å². The Bertz CT molecular complexity index is 366. The van der Waals surface area contributed by atoms with Gasteiger partial charge in [0.05, 0.1) is 18.6 Å². The van der Waals surface area contributed by atoms with Crippen LogP contribution in [-0.2, 0) is 19.1 Å². The Kier molecular flexibility index (Phi) is 7.70. The van der Waals surface area contributed by atoms with Crippen LogP contribution in [0.25, 0.3) is 0 Å². The molecule has 1 fully saturated rings. The number of carboxylic acids is 1. The summed E-state index contributed by atoms with van der Waals surface area (Å²) in [7, 11) is 1.51. The van der Waals surface area contributed by atoms with Crippen LogP contribution in [0.1, 0.15) is 25.7 Å². The second-order valence-electron chi connectivity index (χ2n) is 4.92. The topological polar surface area (TPSA) is 114 Å². The molecule has 3 amide bonds. The van der Waals surface area contributed by atoms with Crippen molar-refractivity contribution in [3.63, 3.8) is 0 Å². The highest BCUT2D eigenvalue weighted by Crippen LogP contribution is 2.26. The Labute approximate surface area is 123 Å². The molecule has 0 spiro atoms. The zero-order valence-corrected chi connectivity index (χ0v) is 12.1. The van der Waals surface area contributed by atoms with Crippen molar-refractivity contribution in [3.05, 3.63) is 0 Å². The van der Waals surface area contributed by atoms with Crippen LogP contribution in [-0.4, -0.2) is 56.0 Å². The minimum Gasteiger partial charge on any atom is -0.481 e. The lowest BCUT2D eigenvalue weighted by Crippen LogP contribution is -2.42. The molecule has 0 unspecified atom stereocenters. The Morgan fingerprint density at radius 3 is 2.43 bits per heavy atom. The first-order chi connectivity index (χ1) is 10.0. The number of methoxy groups -OCH3 is 1. The first kappa shape index (κ1) is 17.4. The van der Waals surface area contributed by atoms with Gasteiger partial charge in [-0.15, -0.1) is 0 Å². The van der Waals surface area contributed by atoms with Gasteiger partial charge in [-0.1, -0.05) is 0 Å². The van der Waals surface area contributed by atoms with Gasteiger partial charge in [-0.25, -0.2) is 4.79 Å². The number of hydrogen-bond donors (Lipinski definition) is 3. The molecular weight excluding hydrogens is 280 g/mol. The molecule has 0 saturated heterocycles. The number of carboxylic acid groups (broad SMARTS) is 1. The normalized spacial score (nSPS) is 21.6. The standard InChI is InChI=1S/C13H22N2O6/c1-20-7-6-14-13(19)15-11(16)8-21-10-4-2-9(3-5-10)12(17)18/h9-10H,2-8H2,1H3,(H,17,18)(H2,14,15,16,19). The summed E-state index contributed by atoms with van der Waals surface area (Å²) in [5.41, 5.74) is 0. The third kappa shape index (κ3) is 7.05. The number of imide groups is 1. The van der Waals surface area contributed by atoms with Crippen molar-refractivity contribution in [1.82, 2.24) is 10.6 Å². The summed E-state index contributed by atoms with van der Waals surface area (Å²) in [4.78, 5) is 33.6. The minimum absolute atomic E-state index is 0.122. The first-order valence-electron chi connectivity index (χ1n) is 6.94. The van der Waals surface area contributed by atoms with E-state index >= 15 is 0 Å². The van der Waals surface area contributed by atoms with Crippen LogP contribution in [0.2, 0.25) is 0 Å². The van der Waals surface area contributed by atoms with Crippen molar-refractivity contribution in [3.8, 4) is 0 Å². The Morgan fingerprint density at radius 1 is 1.19 bits per heavy atom. The van der Waals surface area contributed by atoms with Crippen molar-refractivity contribution < 1.29 is 29.0 Å². The Hall–Kier alpha value is -1.67. The molecule has 21 heavy (non-hydrogen) atoms. The van der Waals surface area contributed by atoms with Crippen LogP contribution < -0.4 is 10.6 Å². The van der Waals surface area contributed by atoms with Crippen LogP contribution >= 0.6 is 0 Å². The van der Waals surface area contributed by atoms with Crippen LogP contribution in [0.5, 0.6) is 0 Å². The number of aliphatic carboxylic acids is 1. The second-order valence-corrected chi connectivity index (χ2v) is 4.92. The summed E-state index contributed by atoms with van der Waals surface area (Å²) in [6.07, 6.45) is 2.22. The van der Waals surface area contributed by atoms with Crippen molar-refractivity contribution >= 4 is 17.9 Å². The average Bonchev–Trinajstić information content (AvgIpc) is 2.46. The van der Waals surface area contributed by atoms with E-state index in [1.807, 2.05) is 0 Å². The van der Waals surface area contributed by atoms with Crippen molar-refractivity contribution in [1.29, 1.82) is 0 Å². The van der Waals surface area contributed by atoms with Gasteiger partial charge in [0.2, 0.25) is 0 Å². The molecule has 1 saturated carbocycles. The van der Waals surface area contributed by atoms with E-state index in [2.05, 4.69) is 10.6 Å². The van der Waals surface area contributed by atoms with E-state index in [0.29, 0.717) is 38.8 Å². The largest absolute Gasteiger partial charge is 0.481 e. The number of urea groups is 1. The summed E-state index contributed by atoms with van der Waals surface area (Å²) in [5, 5.41) is 13.5. The summed E-state index contributed by atoms with van der Waals surface area (Å²) in [6.45, 7) is 0.473. The first-order valence-corrected chi connectivity index (χ1v) is 6.94. The number of amides is 3. The van der Waals surface area contributed by atoms with Crippen molar-refractivity contribution in [2.45, 2.75) is 31.8 Å². The summed E-state index contributed by atoms with van der Waals surface area (Å²) >= 11 is 0. The molecule has 0 radical (unpaired) electrons. The molecule has 8 nitrogen and oxygen atoms in total. The molecule has 0 atom stereocenters. The van der Waals surface area contributed by atoms with Gasteiger partial charge in [0, 0.05) is 13.7 Å². The molecule has 3 N–H and O–H groups in total. The van der Waals surface area contributed by atoms with Gasteiger partial charge >= 0.3 is 12.0 Å². The van der Waals surface area contributed by atoms with Crippen LogP contribution in [0.4, 0.5) is 4.79 Å². The van der Waals surface area contributed by atoms with E-state index in [9.17, 15) is 14.4 Å². The lowest BCUT2D eigenvalue weighted by atomic mass is 9.87. The molecular formula is C13H22N2O6. The van der Waals surface area contributed by atoms with E-state index in [-0.39, 0.29) is 18.6 Å². The third-order valence-electron chi connectivity index (χ3n) is 3.32. The molecule has 0 bridgehead atoms. The molecule has 1 aliphatic carbocycles. The molecule has 8 heteroatoms. The molecule has 0 heterocycles. The third-order valence-corrected chi connectivity index (χ3v) is 3.32. The maximum Gasteiger partial charge on any atom is 0.321 e. The SMILES string of the molecule is COCCNC(=O)NC(=O)COC1CCC(C(=O)O)CC1. The van der Waals surface area contributed by atoms with Gasteiger partial charge < -0.3 is 19.9 Å². The maximum absolute atomic E-state index is 11.5. The van der Waals surface area contributed by atoms with Crippen molar-refractivity contribution in [2.75, 3.05) is 26.9 Å². The predicted molar refractivity (Wildman–Crippen MR) is 72.8 cm³/mol. The monoisotopic (exact) mass is 302 g/mol. The molecule has 1 rings (SSSR count). The quantitative estimate of drug-likeness (QED) is 0.575. The Balaban J connectivity index is 2.13. The lowest BCUT2D eigenvalue weighted by Gasteiger charge is -2.25. The highest BCUT2D eigenvalue weighted by Gasteiger charge is 2.26. The molecule has 0 aromatic heterocycles. The number of ether oxygens (including phenoxy) is 2. The fourth-order valence-electron chi connectivity index (χ4n) is 2.14. The molecule has 1 aliphatic rings. The smallest absolute Gasteiger partial charge is 0.321 e. The van der Waals surface area contributed by atoms with E-state index in [4.69, 9.17) is 14.6 Å². The predicted octanol–water partition coefficient (Wildman–Crippen LogP) is 0.119. The number of carbonyl (C=O) groups is 3. The number of hydrogen-bond acceptors (Lipinski definition) is 5. The van der Waals surface area contributed by atoms with E-state index in [0.717, 1.165) is 0 Å². The molecule has 0 aromatic rings. The molecule has 0 aliphatic heterocycles. The minimum atomic E-state index is -0.779. The zero-order chi connectivity index (χ0) is 15.7. The van der Waals surface area contributed by atoms with Crippen molar-refractivity contribution in [2.24, 2.45) is 5.92 Å². The summed E-state index contributed by atoms with van der Waals surface area (Å²) in [6, 6.07) is -0.588. The number of nitrogens with one attached hydrogen (secondary N) is 2. The Morgan fingerprint density at radius 2 is 1.86 bits per heavy atom. The van der Waals surface area contributed by atoms with E-state index < -0.39 is 17.9 Å². The van der Waals surface area contributed by atoms with E-state index in [1.165, 1.54) is 7.11 Å². The summed E-state index contributed by atoms with van der Waals surface area (Å²) < 4.78 is 10.1. The maximum atomic E-state index is 11.5. The van der Waals surface area contributed by atoms with Crippen LogP contribution in [0.3, 0.4) is 0 Å². The molecule has 0 aromatic carbocycles. The van der Waals surface area contributed by atoms with Crippen LogP contribution in [0, 0.1) is 5.92 Å². The summed E-state index contributed by atoms with van der Waals surface area (Å²) in [5.74, 6) is -1.62. The fraction of sp³-hybridized carbons (Fsp3) is 0.769. The molecule has 120 valence electrons. The number of carbonyl (C=O) groups excluding carboxylic acids is 2. The second kappa shape index (κ2) is 9.30.